The van der Waals surface area contributed by atoms with Crippen LogP contribution in [0.4, 0.5) is 0 Å². The van der Waals surface area contributed by atoms with Gasteiger partial charge in [-0.05, 0) is 0 Å². The molecule has 0 radical (unpaired) electrons. The Morgan fingerprint density at radius 3 is 2.50 bits per heavy atom. The normalized spacial score (nSPS) is 34.2. The Bertz CT molecular complexity index is 117. The highest BCUT2D eigenvalue weighted by atomic mass is 35.5. The van der Waals surface area contributed by atoms with Gasteiger partial charge in [-0.15, -0.1) is 11.6 Å². The van der Waals surface area contributed by atoms with Gasteiger partial charge in [0.15, 0.2) is 0 Å². The maximum atomic E-state index is 10.5. The van der Waals surface area contributed by atoms with Crippen molar-refractivity contribution in [3.8, 4) is 0 Å². The highest BCUT2D eigenvalue weighted by molar-refractivity contribution is 6.25. The van der Waals surface area contributed by atoms with Crippen LogP contribution >= 0.6 is 11.6 Å². The van der Waals surface area contributed by atoms with Crippen molar-refractivity contribution in [1.29, 1.82) is 0 Å². The summed E-state index contributed by atoms with van der Waals surface area (Å²) in [6.45, 7) is 0. The fraction of sp³-hybridized carbons (Fsp3) is 0.750. The summed E-state index contributed by atoms with van der Waals surface area (Å²) in [6.07, 6.45) is 0. The van der Waals surface area contributed by atoms with Gasteiger partial charge in [-0.2, -0.15) is 0 Å². The van der Waals surface area contributed by atoms with Crippen LogP contribution in [0.5, 0.6) is 0 Å². The smallest absolute Gasteiger partial charge is 0.239 e. The van der Waals surface area contributed by atoms with E-state index < -0.39 is 0 Å². The molecule has 0 aliphatic carbocycles. The SMILES string of the molecule is CNC(=O)C1NC1Cl. The van der Waals surface area contributed by atoms with Gasteiger partial charge in [-0.3, -0.25) is 10.1 Å². The number of carbonyl (C=O) groups is 1. The molecule has 0 bridgehead atoms. The number of likely N-dealkylation sites (N-methyl/N-ethyl adjacent to an activating group) is 1. The van der Waals surface area contributed by atoms with Crippen LogP contribution in [0.2, 0.25) is 0 Å². The van der Waals surface area contributed by atoms with Gasteiger partial charge in [0.1, 0.15) is 11.5 Å². The molecular formula is C4H7ClN2O. The van der Waals surface area contributed by atoms with E-state index in [-0.39, 0.29) is 17.5 Å². The van der Waals surface area contributed by atoms with Crippen LogP contribution in [0, 0.1) is 0 Å². The Balaban J connectivity index is 2.28. The number of halogens is 1. The molecule has 0 aromatic heterocycles. The van der Waals surface area contributed by atoms with Crippen molar-refractivity contribution in [2.75, 3.05) is 7.05 Å². The summed E-state index contributed by atoms with van der Waals surface area (Å²) in [7, 11) is 1.59. The van der Waals surface area contributed by atoms with Gasteiger partial charge in [0.2, 0.25) is 5.91 Å². The molecule has 0 spiro atoms. The lowest BCUT2D eigenvalue weighted by atomic mass is 10.4. The van der Waals surface area contributed by atoms with Gasteiger partial charge in [0.25, 0.3) is 0 Å². The first-order chi connectivity index (χ1) is 3.75. The van der Waals surface area contributed by atoms with Crippen molar-refractivity contribution >= 4 is 17.5 Å². The lowest BCUT2D eigenvalue weighted by Gasteiger charge is -1.89. The first-order valence-corrected chi connectivity index (χ1v) is 2.81. The van der Waals surface area contributed by atoms with E-state index in [2.05, 4.69) is 10.6 Å². The number of nitrogens with one attached hydrogen (secondary N) is 2. The Hall–Kier alpha value is -0.280. The fourth-order valence-corrected chi connectivity index (χ4v) is 0.730. The lowest BCUT2D eigenvalue weighted by molar-refractivity contribution is -0.120. The molecule has 0 aromatic rings. The Labute approximate surface area is 52.4 Å². The molecule has 1 heterocycles. The zero-order chi connectivity index (χ0) is 6.15. The van der Waals surface area contributed by atoms with Crippen LogP contribution in [-0.4, -0.2) is 24.5 Å². The minimum Gasteiger partial charge on any atom is -0.358 e. The average Bonchev–Trinajstić information content (AvgIpc) is 2.45. The number of rotatable bonds is 1. The molecule has 4 heteroatoms. The zero-order valence-electron chi connectivity index (χ0n) is 4.44. The van der Waals surface area contributed by atoms with E-state index >= 15 is 0 Å². The summed E-state index contributed by atoms with van der Waals surface area (Å²) in [6, 6.07) is -0.151. The second kappa shape index (κ2) is 1.91. The minimum atomic E-state index is -0.151. The molecular weight excluding hydrogens is 128 g/mol. The monoisotopic (exact) mass is 134 g/mol. The fourth-order valence-electron chi connectivity index (χ4n) is 0.480. The van der Waals surface area contributed by atoms with E-state index in [4.69, 9.17) is 11.6 Å². The molecule has 1 aliphatic heterocycles. The van der Waals surface area contributed by atoms with Crippen LogP contribution in [0.25, 0.3) is 0 Å². The van der Waals surface area contributed by atoms with Crippen LogP contribution in [0.15, 0.2) is 0 Å². The maximum absolute atomic E-state index is 10.5. The van der Waals surface area contributed by atoms with E-state index in [1.165, 1.54) is 0 Å². The van der Waals surface area contributed by atoms with Crippen LogP contribution in [-0.2, 0) is 4.79 Å². The molecule has 1 rings (SSSR count). The number of hydrogen-bond donors (Lipinski definition) is 2. The average molecular weight is 135 g/mol. The highest BCUT2D eigenvalue weighted by Crippen LogP contribution is 2.13. The van der Waals surface area contributed by atoms with Crippen molar-refractivity contribution in [3.05, 3.63) is 0 Å². The lowest BCUT2D eigenvalue weighted by Crippen LogP contribution is -2.25. The maximum Gasteiger partial charge on any atom is 0.239 e. The predicted molar refractivity (Wildman–Crippen MR) is 30.6 cm³/mol. The van der Waals surface area contributed by atoms with Gasteiger partial charge in [0, 0.05) is 7.05 Å². The number of hydrogen-bond acceptors (Lipinski definition) is 2. The molecule has 46 valence electrons. The summed E-state index contributed by atoms with van der Waals surface area (Å²) in [5, 5.41) is 5.21. The number of alkyl halides is 1. The molecule has 0 aromatic carbocycles. The highest BCUT2D eigenvalue weighted by Gasteiger charge is 2.39. The number of carbonyl (C=O) groups excluding carboxylic acids is 1. The zero-order valence-corrected chi connectivity index (χ0v) is 5.20. The van der Waals surface area contributed by atoms with Crippen LogP contribution in [0.3, 0.4) is 0 Å². The van der Waals surface area contributed by atoms with Gasteiger partial charge in [-0.1, -0.05) is 0 Å². The first kappa shape index (κ1) is 5.85. The quantitative estimate of drug-likeness (QED) is 0.282. The molecule has 2 N–H and O–H groups in total. The Morgan fingerprint density at radius 2 is 2.38 bits per heavy atom. The van der Waals surface area contributed by atoms with E-state index in [0.29, 0.717) is 0 Å². The largest absolute Gasteiger partial charge is 0.358 e. The van der Waals surface area contributed by atoms with Crippen LogP contribution < -0.4 is 10.6 Å². The predicted octanol–water partition coefficient (Wildman–Crippen LogP) is -0.731. The van der Waals surface area contributed by atoms with Crippen molar-refractivity contribution in [2.45, 2.75) is 11.5 Å². The summed E-state index contributed by atoms with van der Waals surface area (Å²) >= 11 is 5.45. The topological polar surface area (TPSA) is 51.0 Å². The third kappa shape index (κ3) is 0.928. The minimum absolute atomic E-state index is 0.0370. The van der Waals surface area contributed by atoms with Gasteiger partial charge in [-0.25, -0.2) is 0 Å². The van der Waals surface area contributed by atoms with E-state index in [1.54, 1.807) is 7.05 Å². The summed E-state index contributed by atoms with van der Waals surface area (Å²) in [5.41, 5.74) is -0.144. The molecule has 3 nitrogen and oxygen atoms in total. The molecule has 0 saturated carbocycles. The number of amides is 1. The van der Waals surface area contributed by atoms with Crippen molar-refractivity contribution in [2.24, 2.45) is 0 Å². The first-order valence-electron chi connectivity index (χ1n) is 2.37. The van der Waals surface area contributed by atoms with E-state index in [1.807, 2.05) is 0 Å². The standard InChI is InChI=1S/C4H7ClN2O/c1-6-4(8)2-3(5)7-2/h2-3,7H,1H3,(H,6,8). The molecule has 1 aliphatic rings. The second-order valence-electron chi connectivity index (χ2n) is 1.66. The van der Waals surface area contributed by atoms with Gasteiger partial charge >= 0.3 is 0 Å². The van der Waals surface area contributed by atoms with Gasteiger partial charge in [0.05, 0.1) is 0 Å². The van der Waals surface area contributed by atoms with Crippen molar-refractivity contribution < 1.29 is 4.79 Å². The molecule has 1 saturated heterocycles. The Morgan fingerprint density at radius 1 is 1.88 bits per heavy atom. The molecule has 2 atom stereocenters. The van der Waals surface area contributed by atoms with Gasteiger partial charge < -0.3 is 5.32 Å². The van der Waals surface area contributed by atoms with Crippen molar-refractivity contribution in [1.82, 2.24) is 10.6 Å². The second-order valence-corrected chi connectivity index (χ2v) is 2.13. The summed E-state index contributed by atoms with van der Waals surface area (Å²) < 4.78 is 0. The third-order valence-corrected chi connectivity index (χ3v) is 1.43. The van der Waals surface area contributed by atoms with Crippen LogP contribution in [0.1, 0.15) is 0 Å². The third-order valence-electron chi connectivity index (χ3n) is 1.05. The molecule has 2 unspecified atom stereocenters. The molecule has 1 amide bonds. The summed E-state index contributed by atoms with van der Waals surface area (Å²) in [4.78, 5) is 10.5. The van der Waals surface area contributed by atoms with Crippen molar-refractivity contribution in [3.63, 3.8) is 0 Å². The molecule has 8 heavy (non-hydrogen) atoms. The summed E-state index contributed by atoms with van der Waals surface area (Å²) in [5.74, 6) is -0.0370. The Kier molecular flexibility index (Phi) is 1.40. The van der Waals surface area contributed by atoms with E-state index in [0.717, 1.165) is 0 Å². The van der Waals surface area contributed by atoms with E-state index in [9.17, 15) is 4.79 Å². The molecule has 1 fully saturated rings.